The Balaban J connectivity index is 2.04. The molecule has 0 bridgehead atoms. The summed E-state index contributed by atoms with van der Waals surface area (Å²) in [5.41, 5.74) is 9.42. The molecule has 1 aliphatic carbocycles. The van der Waals surface area contributed by atoms with Crippen LogP contribution in [0.25, 0.3) is 0 Å². The molecule has 0 atom stereocenters. The summed E-state index contributed by atoms with van der Waals surface area (Å²) in [4.78, 5) is 0. The zero-order valence-corrected chi connectivity index (χ0v) is 10.9. The Bertz CT molecular complexity index is 323. The number of hydrogen-bond donors (Lipinski definition) is 1. The van der Waals surface area contributed by atoms with Crippen LogP contribution < -0.4 is 5.73 Å². The Labute approximate surface area is 103 Å². The molecule has 0 fully saturated rings. The zero-order chi connectivity index (χ0) is 11.4. The number of benzene rings is 1. The molecule has 0 amide bonds. The monoisotopic (exact) mass is 235 g/mol. The van der Waals surface area contributed by atoms with E-state index in [1.807, 2.05) is 11.8 Å². The first kappa shape index (κ1) is 12.0. The Hall–Kier alpha value is -0.470. The van der Waals surface area contributed by atoms with Gasteiger partial charge in [0.25, 0.3) is 0 Å². The summed E-state index contributed by atoms with van der Waals surface area (Å²) < 4.78 is 0. The third kappa shape index (κ3) is 2.44. The molecule has 1 aliphatic rings. The summed E-state index contributed by atoms with van der Waals surface area (Å²) >= 11 is 2.03. The van der Waals surface area contributed by atoms with Crippen LogP contribution in [0.4, 0.5) is 0 Å². The Kier molecular flexibility index (Phi) is 3.93. The van der Waals surface area contributed by atoms with E-state index in [2.05, 4.69) is 31.2 Å². The summed E-state index contributed by atoms with van der Waals surface area (Å²) in [5, 5.41) is 0. The van der Waals surface area contributed by atoms with Crippen molar-refractivity contribution in [1.29, 1.82) is 0 Å². The summed E-state index contributed by atoms with van der Waals surface area (Å²) in [6.07, 6.45) is 3.63. The van der Waals surface area contributed by atoms with Gasteiger partial charge in [0.2, 0.25) is 0 Å². The molecule has 0 heterocycles. The topological polar surface area (TPSA) is 26.0 Å². The molecule has 2 N–H and O–H groups in total. The van der Waals surface area contributed by atoms with E-state index in [9.17, 15) is 0 Å². The van der Waals surface area contributed by atoms with E-state index in [4.69, 9.17) is 5.73 Å². The Morgan fingerprint density at radius 2 is 1.88 bits per heavy atom. The van der Waals surface area contributed by atoms with Crippen molar-refractivity contribution in [3.05, 3.63) is 35.4 Å². The highest BCUT2D eigenvalue weighted by Gasteiger charge is 2.35. The quantitative estimate of drug-likeness (QED) is 0.794. The van der Waals surface area contributed by atoms with E-state index in [1.54, 1.807) is 0 Å². The zero-order valence-electron chi connectivity index (χ0n) is 10.0. The fourth-order valence-electron chi connectivity index (χ4n) is 2.63. The van der Waals surface area contributed by atoms with Crippen LogP contribution in [-0.2, 0) is 12.8 Å². The Morgan fingerprint density at radius 3 is 2.38 bits per heavy atom. The van der Waals surface area contributed by atoms with Crippen molar-refractivity contribution in [3.8, 4) is 0 Å². The third-order valence-corrected chi connectivity index (χ3v) is 4.56. The van der Waals surface area contributed by atoms with Gasteiger partial charge < -0.3 is 5.73 Å². The molecule has 16 heavy (non-hydrogen) atoms. The first-order chi connectivity index (χ1) is 7.79. The van der Waals surface area contributed by atoms with Gasteiger partial charge in [0, 0.05) is 0 Å². The molecular weight excluding hydrogens is 214 g/mol. The molecule has 0 unspecified atom stereocenters. The SMILES string of the molecule is CCSCCC1(CN)Cc2ccccc2C1. The highest BCUT2D eigenvalue weighted by molar-refractivity contribution is 7.99. The van der Waals surface area contributed by atoms with Crippen molar-refractivity contribution in [3.63, 3.8) is 0 Å². The van der Waals surface area contributed by atoms with Crippen LogP contribution in [0.5, 0.6) is 0 Å². The Morgan fingerprint density at radius 1 is 1.25 bits per heavy atom. The van der Waals surface area contributed by atoms with Crippen molar-refractivity contribution in [2.24, 2.45) is 11.1 Å². The van der Waals surface area contributed by atoms with Crippen LogP contribution in [0, 0.1) is 5.41 Å². The number of nitrogens with two attached hydrogens (primary N) is 1. The molecule has 88 valence electrons. The molecule has 1 nitrogen and oxygen atoms in total. The maximum Gasteiger partial charge on any atom is -0.00138 e. The standard InChI is InChI=1S/C14H21NS/c1-2-16-8-7-14(11-15)9-12-5-3-4-6-13(12)10-14/h3-6H,2,7-11,15H2,1H3. The largest absolute Gasteiger partial charge is 0.330 e. The van der Waals surface area contributed by atoms with Crippen LogP contribution in [0.2, 0.25) is 0 Å². The van der Waals surface area contributed by atoms with Gasteiger partial charge in [-0.25, -0.2) is 0 Å². The van der Waals surface area contributed by atoms with Crippen LogP contribution in [0.3, 0.4) is 0 Å². The second kappa shape index (κ2) is 5.24. The minimum atomic E-state index is 0.353. The maximum absolute atomic E-state index is 6.02. The summed E-state index contributed by atoms with van der Waals surface area (Å²) in [7, 11) is 0. The lowest BCUT2D eigenvalue weighted by Gasteiger charge is -2.27. The highest BCUT2D eigenvalue weighted by Crippen LogP contribution is 2.39. The summed E-state index contributed by atoms with van der Waals surface area (Å²) in [5.74, 6) is 2.47. The fraction of sp³-hybridized carbons (Fsp3) is 0.571. The van der Waals surface area contributed by atoms with E-state index < -0.39 is 0 Å². The molecule has 1 aromatic carbocycles. The van der Waals surface area contributed by atoms with Gasteiger partial charge in [-0.15, -0.1) is 0 Å². The second-order valence-electron chi connectivity index (χ2n) is 4.77. The van der Waals surface area contributed by atoms with Gasteiger partial charge in [-0.05, 0) is 53.9 Å². The van der Waals surface area contributed by atoms with Gasteiger partial charge in [0.05, 0.1) is 0 Å². The number of rotatable bonds is 5. The smallest absolute Gasteiger partial charge is 0.00138 e. The highest BCUT2D eigenvalue weighted by atomic mass is 32.2. The molecule has 0 aliphatic heterocycles. The molecule has 2 rings (SSSR count). The number of fused-ring (bicyclic) bond motifs is 1. The molecule has 0 saturated heterocycles. The van der Waals surface area contributed by atoms with Gasteiger partial charge in [-0.1, -0.05) is 31.2 Å². The van der Waals surface area contributed by atoms with Gasteiger partial charge in [0.1, 0.15) is 0 Å². The van der Waals surface area contributed by atoms with Crippen molar-refractivity contribution in [1.82, 2.24) is 0 Å². The molecular formula is C14H21NS. The van der Waals surface area contributed by atoms with Crippen LogP contribution in [0.15, 0.2) is 24.3 Å². The van der Waals surface area contributed by atoms with E-state index in [0.29, 0.717) is 5.41 Å². The fourth-order valence-corrected chi connectivity index (χ4v) is 3.50. The second-order valence-corrected chi connectivity index (χ2v) is 6.17. The van der Waals surface area contributed by atoms with Crippen molar-refractivity contribution in [2.75, 3.05) is 18.1 Å². The van der Waals surface area contributed by atoms with Gasteiger partial charge in [-0.2, -0.15) is 11.8 Å². The minimum Gasteiger partial charge on any atom is -0.330 e. The third-order valence-electron chi connectivity index (χ3n) is 3.66. The average molecular weight is 235 g/mol. The minimum absolute atomic E-state index is 0.353. The lowest BCUT2D eigenvalue weighted by Crippen LogP contribution is -2.32. The first-order valence-electron chi connectivity index (χ1n) is 6.14. The van der Waals surface area contributed by atoms with Gasteiger partial charge in [0.15, 0.2) is 0 Å². The normalized spacial score (nSPS) is 17.4. The summed E-state index contributed by atoms with van der Waals surface area (Å²) in [6.45, 7) is 3.05. The van der Waals surface area contributed by atoms with Crippen LogP contribution in [0.1, 0.15) is 24.5 Å². The molecule has 0 radical (unpaired) electrons. The predicted octanol–water partition coefficient (Wildman–Crippen LogP) is 2.87. The van der Waals surface area contributed by atoms with Crippen molar-refractivity contribution < 1.29 is 0 Å². The van der Waals surface area contributed by atoms with Gasteiger partial charge in [-0.3, -0.25) is 0 Å². The molecule has 2 heteroatoms. The van der Waals surface area contributed by atoms with Crippen LogP contribution >= 0.6 is 11.8 Å². The maximum atomic E-state index is 6.02. The summed E-state index contributed by atoms with van der Waals surface area (Å²) in [6, 6.07) is 8.82. The van der Waals surface area contributed by atoms with Gasteiger partial charge >= 0.3 is 0 Å². The number of hydrogen-bond acceptors (Lipinski definition) is 2. The molecule has 0 saturated carbocycles. The van der Waals surface area contributed by atoms with E-state index >= 15 is 0 Å². The average Bonchev–Trinajstić information content (AvgIpc) is 2.68. The van der Waals surface area contributed by atoms with Crippen molar-refractivity contribution in [2.45, 2.75) is 26.2 Å². The van der Waals surface area contributed by atoms with E-state index in [1.165, 1.54) is 41.9 Å². The van der Waals surface area contributed by atoms with E-state index in [-0.39, 0.29) is 0 Å². The van der Waals surface area contributed by atoms with E-state index in [0.717, 1.165) is 6.54 Å². The lowest BCUT2D eigenvalue weighted by molar-refractivity contribution is 0.307. The lowest BCUT2D eigenvalue weighted by atomic mass is 9.82. The molecule has 0 spiro atoms. The first-order valence-corrected chi connectivity index (χ1v) is 7.30. The predicted molar refractivity (Wildman–Crippen MR) is 73.0 cm³/mol. The number of thioether (sulfide) groups is 1. The molecule has 0 aromatic heterocycles. The molecule has 1 aromatic rings. The van der Waals surface area contributed by atoms with Crippen molar-refractivity contribution >= 4 is 11.8 Å². The van der Waals surface area contributed by atoms with Crippen LogP contribution in [-0.4, -0.2) is 18.1 Å².